The first-order chi connectivity index (χ1) is 9.33. The van der Waals surface area contributed by atoms with Crippen molar-refractivity contribution in [3.63, 3.8) is 0 Å². The summed E-state index contributed by atoms with van der Waals surface area (Å²) in [5.41, 5.74) is 6.42. The number of hydrogen-bond donors (Lipinski definition) is 0. The highest BCUT2D eigenvalue weighted by Crippen LogP contribution is 2.46. The summed E-state index contributed by atoms with van der Waals surface area (Å²) in [6.45, 7) is 1.98. The van der Waals surface area contributed by atoms with Crippen LogP contribution >= 0.6 is 11.9 Å². The lowest BCUT2D eigenvalue weighted by Crippen LogP contribution is -2.08. The molecule has 0 aromatic rings. The Hall–Kier alpha value is -1.87. The predicted octanol–water partition coefficient (Wildman–Crippen LogP) is 4.32. The summed E-state index contributed by atoms with van der Waals surface area (Å²) in [6, 6.07) is 0. The molecule has 0 radical (unpaired) electrons. The van der Waals surface area contributed by atoms with E-state index in [-0.39, 0.29) is 0 Å². The van der Waals surface area contributed by atoms with Gasteiger partial charge >= 0.3 is 0 Å². The molecule has 0 unspecified atom stereocenters. The van der Waals surface area contributed by atoms with E-state index >= 15 is 0 Å². The van der Waals surface area contributed by atoms with E-state index < -0.39 is 0 Å². The summed E-state index contributed by atoms with van der Waals surface area (Å²) < 4.78 is 7.90. The molecule has 0 saturated carbocycles. The van der Waals surface area contributed by atoms with Crippen LogP contribution in [0.15, 0.2) is 82.0 Å². The highest BCUT2D eigenvalue weighted by molar-refractivity contribution is 8.00. The molecule has 0 bridgehead atoms. The molecule has 0 aromatic carbocycles. The van der Waals surface area contributed by atoms with E-state index in [1.165, 1.54) is 28.1 Å². The van der Waals surface area contributed by atoms with Crippen molar-refractivity contribution in [3.8, 4) is 0 Å². The van der Waals surface area contributed by atoms with Gasteiger partial charge in [0.2, 0.25) is 0 Å². The minimum Gasteiger partial charge on any atom is -0.469 e. The van der Waals surface area contributed by atoms with E-state index in [4.69, 9.17) is 4.74 Å². The number of allylic oxidation sites excluding steroid dienone is 10. The molecule has 0 amide bonds. The molecule has 3 aliphatic heterocycles. The molecule has 4 aliphatic rings. The minimum atomic E-state index is 0.943. The average Bonchev–Trinajstić information content (AvgIpc) is 2.69. The maximum Gasteiger partial charge on any atom is 0.101 e. The first-order valence-corrected chi connectivity index (χ1v) is 7.16. The fourth-order valence-corrected chi connectivity index (χ4v) is 3.51. The van der Waals surface area contributed by atoms with Crippen LogP contribution in [0, 0.1) is 0 Å². The van der Waals surface area contributed by atoms with Gasteiger partial charge in [0.05, 0.1) is 12.0 Å². The molecule has 3 heterocycles. The lowest BCUT2D eigenvalue weighted by Gasteiger charge is -2.21. The van der Waals surface area contributed by atoms with Gasteiger partial charge in [-0.1, -0.05) is 18.2 Å². The zero-order chi connectivity index (χ0) is 12.8. The lowest BCUT2D eigenvalue weighted by molar-refractivity contribution is 0.345. The van der Waals surface area contributed by atoms with E-state index in [0.29, 0.717) is 0 Å². The number of hydrogen-bond acceptors (Lipinski definition) is 3. The van der Waals surface area contributed by atoms with Crippen LogP contribution in [0.2, 0.25) is 0 Å². The van der Waals surface area contributed by atoms with Crippen LogP contribution in [0.5, 0.6) is 0 Å². The Morgan fingerprint density at radius 3 is 3.16 bits per heavy atom. The Kier molecular flexibility index (Phi) is 2.35. The third-order valence-corrected chi connectivity index (χ3v) is 4.49. The van der Waals surface area contributed by atoms with Crippen molar-refractivity contribution in [2.75, 3.05) is 0 Å². The van der Waals surface area contributed by atoms with Crippen molar-refractivity contribution >= 4 is 11.9 Å². The van der Waals surface area contributed by atoms with Crippen LogP contribution < -0.4 is 0 Å². The van der Waals surface area contributed by atoms with Crippen molar-refractivity contribution in [2.45, 2.75) is 13.3 Å². The van der Waals surface area contributed by atoms with E-state index in [9.17, 15) is 0 Å². The van der Waals surface area contributed by atoms with Gasteiger partial charge in [-0.3, -0.25) is 4.31 Å². The molecule has 0 atom stereocenters. The minimum absolute atomic E-state index is 0.943. The van der Waals surface area contributed by atoms with Crippen molar-refractivity contribution in [3.05, 3.63) is 82.0 Å². The average molecular weight is 267 g/mol. The molecule has 0 aromatic heterocycles. The standard InChI is InChI=1S/C16H13NOS/c1-11-8-12-4-2-6-16-14(15(12)10-18-11)9-13-5-3-7-19-17(13)16/h2-8,10H,9H2,1H3. The monoisotopic (exact) mass is 267 g/mol. The molecular formula is C16H13NOS. The van der Waals surface area contributed by atoms with Crippen molar-refractivity contribution in [1.29, 1.82) is 0 Å². The first-order valence-electron chi connectivity index (χ1n) is 6.33. The molecule has 94 valence electrons. The smallest absolute Gasteiger partial charge is 0.101 e. The van der Waals surface area contributed by atoms with Crippen LogP contribution in [0.4, 0.5) is 0 Å². The maximum atomic E-state index is 5.60. The van der Waals surface area contributed by atoms with Gasteiger partial charge in [-0.25, -0.2) is 0 Å². The third kappa shape index (κ3) is 1.65. The molecule has 3 heteroatoms. The van der Waals surface area contributed by atoms with Gasteiger partial charge in [-0.15, -0.1) is 0 Å². The second kappa shape index (κ2) is 4.07. The molecule has 0 fully saturated rings. The van der Waals surface area contributed by atoms with Crippen LogP contribution in [-0.2, 0) is 4.74 Å². The Labute approximate surface area is 116 Å². The zero-order valence-corrected chi connectivity index (χ0v) is 11.4. The van der Waals surface area contributed by atoms with E-state index in [2.05, 4.69) is 46.2 Å². The molecule has 0 spiro atoms. The summed E-state index contributed by atoms with van der Waals surface area (Å²) in [4.78, 5) is 0. The Morgan fingerprint density at radius 2 is 2.21 bits per heavy atom. The number of nitrogens with zero attached hydrogens (tertiary/aromatic N) is 1. The van der Waals surface area contributed by atoms with Crippen molar-refractivity contribution in [2.24, 2.45) is 0 Å². The summed E-state index contributed by atoms with van der Waals surface area (Å²) in [7, 11) is 0. The molecular weight excluding hydrogens is 254 g/mol. The molecule has 1 aliphatic carbocycles. The molecule has 0 saturated heterocycles. The van der Waals surface area contributed by atoms with Crippen molar-refractivity contribution < 1.29 is 4.74 Å². The van der Waals surface area contributed by atoms with E-state index in [0.717, 1.165) is 12.2 Å². The summed E-state index contributed by atoms with van der Waals surface area (Å²) >= 11 is 1.74. The molecule has 2 nitrogen and oxygen atoms in total. The van der Waals surface area contributed by atoms with Gasteiger partial charge in [0.1, 0.15) is 5.76 Å². The number of ether oxygens (including phenoxy) is 1. The van der Waals surface area contributed by atoms with Crippen LogP contribution in [-0.4, -0.2) is 4.31 Å². The quantitative estimate of drug-likeness (QED) is 0.606. The SMILES string of the molecule is CC1=CC2=CC=CC3=C(CC4=CC=CSN43)C2=CO1. The lowest BCUT2D eigenvalue weighted by atomic mass is 9.95. The summed E-state index contributed by atoms with van der Waals surface area (Å²) in [5.74, 6) is 0.943. The van der Waals surface area contributed by atoms with Crippen LogP contribution in [0.25, 0.3) is 0 Å². The molecule has 4 rings (SSSR count). The normalized spacial score (nSPS) is 23.5. The van der Waals surface area contributed by atoms with Gasteiger partial charge in [0.25, 0.3) is 0 Å². The van der Waals surface area contributed by atoms with E-state index in [1.807, 2.05) is 13.2 Å². The van der Waals surface area contributed by atoms with Gasteiger partial charge in [0.15, 0.2) is 0 Å². The van der Waals surface area contributed by atoms with Crippen LogP contribution in [0.3, 0.4) is 0 Å². The van der Waals surface area contributed by atoms with Gasteiger partial charge in [0, 0.05) is 17.7 Å². The fraction of sp³-hybridized carbons (Fsp3) is 0.125. The Morgan fingerprint density at radius 1 is 1.26 bits per heavy atom. The second-order valence-corrected chi connectivity index (χ2v) is 5.66. The Balaban J connectivity index is 1.82. The Bertz CT molecular complexity index is 671. The predicted molar refractivity (Wildman–Crippen MR) is 78.4 cm³/mol. The second-order valence-electron chi connectivity index (χ2n) is 4.81. The number of fused-ring (bicyclic) bond motifs is 4. The first kappa shape index (κ1) is 11.0. The zero-order valence-electron chi connectivity index (χ0n) is 10.6. The largest absolute Gasteiger partial charge is 0.469 e. The highest BCUT2D eigenvalue weighted by atomic mass is 32.2. The van der Waals surface area contributed by atoms with E-state index in [1.54, 1.807) is 11.9 Å². The van der Waals surface area contributed by atoms with Gasteiger partial charge in [-0.05, 0) is 53.7 Å². The molecule has 19 heavy (non-hydrogen) atoms. The van der Waals surface area contributed by atoms with Gasteiger partial charge in [-0.2, -0.15) is 0 Å². The topological polar surface area (TPSA) is 12.5 Å². The fourth-order valence-electron chi connectivity index (χ4n) is 2.70. The van der Waals surface area contributed by atoms with Crippen LogP contribution in [0.1, 0.15) is 13.3 Å². The summed E-state index contributed by atoms with van der Waals surface area (Å²) in [5, 5.41) is 2.11. The third-order valence-electron chi connectivity index (χ3n) is 3.57. The van der Waals surface area contributed by atoms with Crippen molar-refractivity contribution in [1.82, 2.24) is 4.31 Å². The van der Waals surface area contributed by atoms with Gasteiger partial charge < -0.3 is 4.74 Å². The highest BCUT2D eigenvalue weighted by Gasteiger charge is 2.31. The molecule has 0 N–H and O–H groups in total. The summed E-state index contributed by atoms with van der Waals surface area (Å²) in [6.07, 6.45) is 15.7. The maximum absolute atomic E-state index is 5.60. The number of rotatable bonds is 0.